The number of unbranched alkanes of at least 4 members (excludes halogenated alkanes) is 2. The molecule has 0 aliphatic carbocycles. The van der Waals surface area contributed by atoms with E-state index in [2.05, 4.69) is 21.2 Å². The maximum absolute atomic E-state index is 8.66. The van der Waals surface area contributed by atoms with Gasteiger partial charge in [-0.05, 0) is 50.1 Å². The number of aliphatic hydroxyl groups is 1. The van der Waals surface area contributed by atoms with E-state index < -0.39 is 0 Å². The Morgan fingerprint density at radius 3 is 2.82 bits per heavy atom. The van der Waals surface area contributed by atoms with E-state index in [1.807, 2.05) is 25.2 Å². The lowest BCUT2D eigenvalue weighted by Gasteiger charge is -2.09. The molecule has 0 atom stereocenters. The van der Waals surface area contributed by atoms with Gasteiger partial charge in [0.25, 0.3) is 0 Å². The van der Waals surface area contributed by atoms with E-state index in [-0.39, 0.29) is 6.61 Å². The molecule has 3 nitrogen and oxygen atoms in total. The molecule has 0 saturated heterocycles. The second-order valence-corrected chi connectivity index (χ2v) is 4.77. The Hall–Kier alpha value is -0.580. The van der Waals surface area contributed by atoms with E-state index in [0.717, 1.165) is 36.0 Å². The average molecular weight is 302 g/mol. The minimum absolute atomic E-state index is 0.268. The van der Waals surface area contributed by atoms with Crippen molar-refractivity contribution >= 4 is 15.9 Å². The molecule has 0 radical (unpaired) electrons. The van der Waals surface area contributed by atoms with Gasteiger partial charge in [-0.1, -0.05) is 15.9 Å². The lowest BCUT2D eigenvalue weighted by atomic mass is 10.2. The van der Waals surface area contributed by atoms with Crippen LogP contribution in [0.5, 0.6) is 5.75 Å². The van der Waals surface area contributed by atoms with Crippen LogP contribution in [0.25, 0.3) is 0 Å². The molecule has 0 unspecified atom stereocenters. The monoisotopic (exact) mass is 301 g/mol. The molecule has 0 saturated carbocycles. The van der Waals surface area contributed by atoms with Crippen molar-refractivity contribution in [2.24, 2.45) is 0 Å². The standard InChI is InChI=1S/C13H20BrNO2/c1-15-10-11-9-12(5-6-13(11)14)17-8-4-2-3-7-16/h5-6,9,15-16H,2-4,7-8,10H2,1H3. The first kappa shape index (κ1) is 14.5. The second-order valence-electron chi connectivity index (χ2n) is 3.92. The predicted octanol–water partition coefficient (Wildman–Crippen LogP) is 2.71. The third kappa shape index (κ3) is 5.52. The molecule has 0 aliphatic rings. The summed E-state index contributed by atoms with van der Waals surface area (Å²) in [7, 11) is 1.93. The normalized spacial score (nSPS) is 10.5. The van der Waals surface area contributed by atoms with Crippen LogP contribution in [0.4, 0.5) is 0 Å². The minimum Gasteiger partial charge on any atom is -0.494 e. The summed E-state index contributed by atoms with van der Waals surface area (Å²) in [5, 5.41) is 11.8. The number of rotatable bonds is 8. The van der Waals surface area contributed by atoms with Crippen molar-refractivity contribution in [1.29, 1.82) is 0 Å². The lowest BCUT2D eigenvalue weighted by Crippen LogP contribution is -2.06. The van der Waals surface area contributed by atoms with E-state index in [4.69, 9.17) is 9.84 Å². The molecule has 0 heterocycles. The molecule has 4 heteroatoms. The molecule has 1 aromatic carbocycles. The first-order valence-electron chi connectivity index (χ1n) is 5.94. The molecular weight excluding hydrogens is 282 g/mol. The number of ether oxygens (including phenoxy) is 1. The summed E-state index contributed by atoms with van der Waals surface area (Å²) in [5.74, 6) is 0.905. The third-order valence-corrected chi connectivity index (χ3v) is 3.23. The zero-order chi connectivity index (χ0) is 12.5. The fourth-order valence-electron chi connectivity index (χ4n) is 1.55. The van der Waals surface area contributed by atoms with Gasteiger partial charge in [0.1, 0.15) is 5.75 Å². The Morgan fingerprint density at radius 2 is 2.12 bits per heavy atom. The summed E-state index contributed by atoms with van der Waals surface area (Å²) in [4.78, 5) is 0. The zero-order valence-corrected chi connectivity index (χ0v) is 11.8. The smallest absolute Gasteiger partial charge is 0.119 e. The highest BCUT2D eigenvalue weighted by molar-refractivity contribution is 9.10. The molecule has 96 valence electrons. The molecule has 0 spiro atoms. The van der Waals surface area contributed by atoms with Crippen molar-refractivity contribution in [3.8, 4) is 5.75 Å². The lowest BCUT2D eigenvalue weighted by molar-refractivity contribution is 0.266. The summed E-state index contributed by atoms with van der Waals surface area (Å²) >= 11 is 3.51. The summed E-state index contributed by atoms with van der Waals surface area (Å²) in [5.41, 5.74) is 1.19. The molecule has 0 bridgehead atoms. The first-order valence-corrected chi connectivity index (χ1v) is 6.74. The van der Waals surface area contributed by atoms with E-state index in [9.17, 15) is 0 Å². The highest BCUT2D eigenvalue weighted by Gasteiger charge is 2.01. The van der Waals surface area contributed by atoms with Crippen molar-refractivity contribution in [1.82, 2.24) is 5.32 Å². The van der Waals surface area contributed by atoms with Crippen molar-refractivity contribution in [3.05, 3.63) is 28.2 Å². The largest absolute Gasteiger partial charge is 0.494 e. The summed E-state index contributed by atoms with van der Waals surface area (Å²) < 4.78 is 6.76. The average Bonchev–Trinajstić information content (AvgIpc) is 2.33. The molecule has 1 rings (SSSR count). The number of hydrogen-bond donors (Lipinski definition) is 2. The van der Waals surface area contributed by atoms with Gasteiger partial charge in [-0.15, -0.1) is 0 Å². The second kappa shape index (κ2) is 8.50. The molecule has 0 aliphatic heterocycles. The SMILES string of the molecule is CNCc1cc(OCCCCCO)ccc1Br. The van der Waals surface area contributed by atoms with E-state index in [0.29, 0.717) is 6.61 Å². The van der Waals surface area contributed by atoms with E-state index in [1.165, 1.54) is 5.56 Å². The van der Waals surface area contributed by atoms with Crippen molar-refractivity contribution in [2.45, 2.75) is 25.8 Å². The van der Waals surface area contributed by atoms with Gasteiger partial charge in [0.05, 0.1) is 6.61 Å². The van der Waals surface area contributed by atoms with Crippen molar-refractivity contribution < 1.29 is 9.84 Å². The molecule has 0 aromatic heterocycles. The quantitative estimate of drug-likeness (QED) is 0.726. The van der Waals surface area contributed by atoms with Crippen LogP contribution < -0.4 is 10.1 Å². The molecule has 0 fully saturated rings. The number of nitrogens with one attached hydrogen (secondary N) is 1. The zero-order valence-electron chi connectivity index (χ0n) is 10.2. The van der Waals surface area contributed by atoms with Crippen molar-refractivity contribution in [3.63, 3.8) is 0 Å². The van der Waals surface area contributed by atoms with Crippen LogP contribution in [-0.2, 0) is 6.54 Å². The molecular formula is C13H20BrNO2. The van der Waals surface area contributed by atoms with Crippen molar-refractivity contribution in [2.75, 3.05) is 20.3 Å². The summed E-state index contributed by atoms with van der Waals surface area (Å²) in [6, 6.07) is 6.03. The van der Waals surface area contributed by atoms with Gasteiger partial charge in [0, 0.05) is 17.6 Å². The maximum Gasteiger partial charge on any atom is 0.119 e. The molecule has 2 N–H and O–H groups in total. The van der Waals surface area contributed by atoms with Crippen LogP contribution in [0, 0.1) is 0 Å². The Kier molecular flexibility index (Phi) is 7.24. The Morgan fingerprint density at radius 1 is 1.29 bits per heavy atom. The van der Waals surface area contributed by atoms with E-state index in [1.54, 1.807) is 0 Å². The van der Waals surface area contributed by atoms with E-state index >= 15 is 0 Å². The highest BCUT2D eigenvalue weighted by atomic mass is 79.9. The van der Waals surface area contributed by atoms with Gasteiger partial charge in [-0.25, -0.2) is 0 Å². The summed E-state index contributed by atoms with van der Waals surface area (Å²) in [6.45, 7) is 1.80. The van der Waals surface area contributed by atoms with Gasteiger partial charge in [0.15, 0.2) is 0 Å². The van der Waals surface area contributed by atoms with Gasteiger partial charge >= 0.3 is 0 Å². The molecule has 0 amide bonds. The number of halogens is 1. The summed E-state index contributed by atoms with van der Waals surface area (Å²) in [6.07, 6.45) is 2.85. The van der Waals surface area contributed by atoms with Crippen LogP contribution in [0.3, 0.4) is 0 Å². The highest BCUT2D eigenvalue weighted by Crippen LogP contribution is 2.22. The topological polar surface area (TPSA) is 41.5 Å². The third-order valence-electron chi connectivity index (χ3n) is 2.46. The van der Waals surface area contributed by atoms with Crippen LogP contribution in [0.2, 0.25) is 0 Å². The molecule has 17 heavy (non-hydrogen) atoms. The fraction of sp³-hybridized carbons (Fsp3) is 0.538. The van der Waals surface area contributed by atoms with Gasteiger partial charge in [0.2, 0.25) is 0 Å². The number of hydrogen-bond acceptors (Lipinski definition) is 3. The maximum atomic E-state index is 8.66. The van der Waals surface area contributed by atoms with Gasteiger partial charge in [-0.2, -0.15) is 0 Å². The van der Waals surface area contributed by atoms with Crippen LogP contribution in [0.15, 0.2) is 22.7 Å². The Bertz CT molecular complexity index is 331. The fourth-order valence-corrected chi connectivity index (χ4v) is 1.93. The number of benzene rings is 1. The van der Waals surface area contributed by atoms with Gasteiger partial charge in [-0.3, -0.25) is 0 Å². The minimum atomic E-state index is 0.268. The Balaban J connectivity index is 2.40. The number of aliphatic hydroxyl groups excluding tert-OH is 1. The molecule has 1 aromatic rings. The van der Waals surface area contributed by atoms with Gasteiger partial charge < -0.3 is 15.2 Å². The predicted molar refractivity (Wildman–Crippen MR) is 73.3 cm³/mol. The van der Waals surface area contributed by atoms with Crippen LogP contribution in [0.1, 0.15) is 24.8 Å². The van der Waals surface area contributed by atoms with Crippen LogP contribution in [-0.4, -0.2) is 25.4 Å². The van der Waals surface area contributed by atoms with Crippen LogP contribution >= 0.6 is 15.9 Å². The Labute approximate surface area is 111 Å². The first-order chi connectivity index (χ1) is 8.27.